The molecular formula is C42H53N3O6. The van der Waals surface area contributed by atoms with Crippen LogP contribution in [0.4, 0.5) is 4.79 Å². The fraction of sp³-hybridized carbons (Fsp3) is 0.548. The van der Waals surface area contributed by atoms with Gasteiger partial charge in [0, 0.05) is 43.2 Å². The second-order valence-corrected chi connectivity index (χ2v) is 16.0. The Hall–Kier alpha value is -3.63. The highest BCUT2D eigenvalue weighted by Gasteiger charge is 2.51. The molecule has 9 nitrogen and oxygen atoms in total. The van der Waals surface area contributed by atoms with Crippen molar-refractivity contribution in [3.8, 4) is 11.5 Å². The lowest BCUT2D eigenvalue weighted by atomic mass is 9.53. The third-order valence-corrected chi connectivity index (χ3v) is 12.5. The van der Waals surface area contributed by atoms with Crippen LogP contribution in [0.1, 0.15) is 91.2 Å². The zero-order valence-corrected chi connectivity index (χ0v) is 30.2. The molecule has 4 atom stereocenters. The lowest BCUT2D eigenvalue weighted by Gasteiger charge is -2.56. The predicted octanol–water partition coefficient (Wildman–Crippen LogP) is 6.81. The Morgan fingerprint density at radius 3 is 2.10 bits per heavy atom. The molecule has 272 valence electrons. The number of aliphatic hydroxyl groups is 1. The molecule has 2 heterocycles. The van der Waals surface area contributed by atoms with Crippen molar-refractivity contribution < 1.29 is 28.8 Å². The van der Waals surface area contributed by atoms with Gasteiger partial charge in [0.05, 0.1) is 33.0 Å². The Kier molecular flexibility index (Phi) is 9.74. The molecule has 1 saturated heterocycles. The van der Waals surface area contributed by atoms with Crippen LogP contribution in [0.5, 0.6) is 11.5 Å². The van der Waals surface area contributed by atoms with Gasteiger partial charge in [0.25, 0.3) is 0 Å². The van der Waals surface area contributed by atoms with Gasteiger partial charge in [0.15, 0.2) is 17.8 Å². The molecule has 2 aliphatic heterocycles. The van der Waals surface area contributed by atoms with Crippen LogP contribution in [0.3, 0.4) is 0 Å². The molecule has 0 spiro atoms. The molecule has 2 amide bonds. The fourth-order valence-corrected chi connectivity index (χ4v) is 10.2. The maximum atomic E-state index is 13.1. The number of methoxy groups -OCH3 is 2. The summed E-state index contributed by atoms with van der Waals surface area (Å²) in [5, 5.41) is 16.2. The highest BCUT2D eigenvalue weighted by molar-refractivity contribution is 5.75. The first-order valence-electron chi connectivity index (χ1n) is 18.9. The Labute approximate surface area is 302 Å². The van der Waals surface area contributed by atoms with Crippen LogP contribution in [0, 0.1) is 23.7 Å². The summed E-state index contributed by atoms with van der Waals surface area (Å²) in [6.07, 6.45) is 7.63. The minimum atomic E-state index is -0.545. The van der Waals surface area contributed by atoms with E-state index in [0.717, 1.165) is 96.8 Å². The van der Waals surface area contributed by atoms with Gasteiger partial charge in [0.1, 0.15) is 0 Å². The first-order valence-corrected chi connectivity index (χ1v) is 18.9. The van der Waals surface area contributed by atoms with Crippen molar-refractivity contribution in [2.75, 3.05) is 27.3 Å². The number of urea groups is 1. The standard InChI is InChI=1S/C42H53N3O6/c1-26-38(24-45-13-12-34-17-36(48-2)37(49-3)18-35(34)23-45)50-40(51-39(26)32-8-6-28(25-46)7-9-32)33-10-4-27(5-11-33)22-43-41(47)44-42-19-29-14-30(20-42)16-31(15-29)21-42/h4-11,17-18,26,29-31,38-40,46H,12-16,19-25H2,1-3H3,(H2,43,44,47)/t26-,29?,30?,31?,38+,39+,40+,42?/m0/s1. The largest absolute Gasteiger partial charge is 0.493 e. The van der Waals surface area contributed by atoms with Gasteiger partial charge in [-0.25, -0.2) is 4.79 Å². The van der Waals surface area contributed by atoms with E-state index in [0.29, 0.717) is 6.54 Å². The normalized spacial score (nSPS) is 31.2. The molecule has 3 aromatic rings. The number of ether oxygens (including phenoxy) is 4. The van der Waals surface area contributed by atoms with E-state index in [1.165, 1.54) is 30.4 Å². The molecule has 4 saturated carbocycles. The number of nitrogens with zero attached hydrogens (tertiary/aromatic N) is 1. The first-order chi connectivity index (χ1) is 24.8. The zero-order valence-electron chi connectivity index (χ0n) is 30.2. The van der Waals surface area contributed by atoms with Gasteiger partial charge in [-0.3, -0.25) is 4.90 Å². The zero-order chi connectivity index (χ0) is 35.1. The van der Waals surface area contributed by atoms with Crippen molar-refractivity contribution >= 4 is 6.03 Å². The van der Waals surface area contributed by atoms with E-state index in [1.54, 1.807) is 14.2 Å². The molecule has 0 unspecified atom stereocenters. The Balaban J connectivity index is 0.944. The van der Waals surface area contributed by atoms with Gasteiger partial charge in [-0.1, -0.05) is 55.5 Å². The van der Waals surface area contributed by atoms with Gasteiger partial charge >= 0.3 is 6.03 Å². The molecule has 3 aromatic carbocycles. The van der Waals surface area contributed by atoms with E-state index < -0.39 is 6.29 Å². The first kappa shape index (κ1) is 34.5. The SMILES string of the molecule is COc1cc2c(cc1OC)CN(C[C@H]1O[C@@H](c3ccc(CNC(=O)NC45CC6CC(CC(C6)C4)C5)cc3)O[C@@H](c3ccc(CO)cc3)[C@H]1C)CC2. The van der Waals surface area contributed by atoms with E-state index in [9.17, 15) is 9.90 Å². The number of aliphatic hydroxyl groups excluding tert-OH is 1. The summed E-state index contributed by atoms with van der Waals surface area (Å²) < 4.78 is 24.7. The van der Waals surface area contributed by atoms with Crippen molar-refractivity contribution in [2.45, 2.75) is 95.6 Å². The van der Waals surface area contributed by atoms with Gasteiger partial charge < -0.3 is 34.7 Å². The molecule has 3 N–H and O–H groups in total. The molecule has 0 radical (unpaired) electrons. The summed E-state index contributed by atoms with van der Waals surface area (Å²) in [6.45, 7) is 5.18. The lowest BCUT2D eigenvalue weighted by Crippen LogP contribution is -2.61. The average Bonchev–Trinajstić information content (AvgIpc) is 3.13. The smallest absolute Gasteiger partial charge is 0.315 e. The molecule has 4 aliphatic carbocycles. The summed E-state index contributed by atoms with van der Waals surface area (Å²) in [6, 6.07) is 20.5. The molecule has 6 aliphatic rings. The van der Waals surface area contributed by atoms with Crippen LogP contribution in [-0.2, 0) is 35.6 Å². The molecule has 5 fully saturated rings. The summed E-state index contributed by atoms with van der Waals surface area (Å²) >= 11 is 0. The maximum absolute atomic E-state index is 13.1. The molecule has 9 rings (SSSR count). The van der Waals surface area contributed by atoms with E-state index in [4.69, 9.17) is 18.9 Å². The summed E-state index contributed by atoms with van der Waals surface area (Å²) in [4.78, 5) is 15.6. The van der Waals surface area contributed by atoms with Gasteiger partial charge in [-0.2, -0.15) is 0 Å². The lowest BCUT2D eigenvalue weighted by molar-refractivity contribution is -0.276. The summed E-state index contributed by atoms with van der Waals surface area (Å²) in [7, 11) is 3.36. The number of hydrogen-bond donors (Lipinski definition) is 3. The Bertz CT molecular complexity index is 1660. The molecular weight excluding hydrogens is 642 g/mol. The van der Waals surface area contributed by atoms with Crippen LogP contribution in [-0.4, -0.2) is 55.0 Å². The Morgan fingerprint density at radius 2 is 1.47 bits per heavy atom. The van der Waals surface area contributed by atoms with Crippen LogP contribution < -0.4 is 20.1 Å². The monoisotopic (exact) mass is 695 g/mol. The predicted molar refractivity (Wildman–Crippen MR) is 194 cm³/mol. The van der Waals surface area contributed by atoms with E-state index in [-0.39, 0.29) is 36.3 Å². The minimum Gasteiger partial charge on any atom is -0.493 e. The number of nitrogens with one attached hydrogen (secondary N) is 2. The van der Waals surface area contributed by atoms with Crippen molar-refractivity contribution in [3.05, 3.63) is 94.0 Å². The highest BCUT2D eigenvalue weighted by Crippen LogP contribution is 2.55. The minimum absolute atomic E-state index is 0.00101. The maximum Gasteiger partial charge on any atom is 0.315 e. The van der Waals surface area contributed by atoms with Gasteiger partial charge in [0.2, 0.25) is 0 Å². The van der Waals surface area contributed by atoms with Crippen LogP contribution in [0.25, 0.3) is 0 Å². The molecule has 0 aromatic heterocycles. The van der Waals surface area contributed by atoms with Gasteiger partial charge in [-0.15, -0.1) is 0 Å². The van der Waals surface area contributed by atoms with Crippen molar-refractivity contribution in [3.63, 3.8) is 0 Å². The average molecular weight is 696 g/mol. The van der Waals surface area contributed by atoms with Crippen LogP contribution >= 0.6 is 0 Å². The van der Waals surface area contributed by atoms with E-state index in [2.05, 4.69) is 71.0 Å². The third-order valence-electron chi connectivity index (χ3n) is 12.5. The third kappa shape index (κ3) is 7.23. The summed E-state index contributed by atoms with van der Waals surface area (Å²) in [5.41, 5.74) is 6.48. The number of fused-ring (bicyclic) bond motifs is 1. The molecule has 51 heavy (non-hydrogen) atoms. The Morgan fingerprint density at radius 1 is 0.863 bits per heavy atom. The second kappa shape index (κ2) is 14.4. The molecule has 4 bridgehead atoms. The molecule has 9 heteroatoms. The van der Waals surface area contributed by atoms with Crippen molar-refractivity contribution in [2.24, 2.45) is 23.7 Å². The topological polar surface area (TPSA) is 102 Å². The van der Waals surface area contributed by atoms with E-state index in [1.807, 2.05) is 12.1 Å². The van der Waals surface area contributed by atoms with Gasteiger partial charge in [-0.05, 0) is 103 Å². The van der Waals surface area contributed by atoms with Crippen LogP contribution in [0.15, 0.2) is 60.7 Å². The number of hydrogen-bond acceptors (Lipinski definition) is 7. The van der Waals surface area contributed by atoms with E-state index >= 15 is 0 Å². The number of carbonyl (C=O) groups is 1. The number of amides is 2. The number of benzene rings is 3. The highest BCUT2D eigenvalue weighted by atomic mass is 16.7. The van der Waals surface area contributed by atoms with Crippen molar-refractivity contribution in [1.82, 2.24) is 15.5 Å². The van der Waals surface area contributed by atoms with Crippen molar-refractivity contribution in [1.29, 1.82) is 0 Å². The quantitative estimate of drug-likeness (QED) is 0.214. The number of carbonyl (C=O) groups excluding carboxylic acids is 1. The fourth-order valence-electron chi connectivity index (χ4n) is 10.2. The van der Waals surface area contributed by atoms with Crippen LogP contribution in [0.2, 0.25) is 0 Å². The number of rotatable bonds is 10. The summed E-state index contributed by atoms with van der Waals surface area (Å²) in [5.74, 6) is 3.99. The second-order valence-electron chi connectivity index (χ2n) is 16.0.